The topological polar surface area (TPSA) is 59.0 Å². The molecule has 0 bridgehead atoms. The highest BCUT2D eigenvalue weighted by atomic mass is 16.5. The number of aryl methyl sites for hydroxylation is 2. The maximum Gasteiger partial charge on any atom is 0.317 e. The summed E-state index contributed by atoms with van der Waals surface area (Å²) in [6.07, 6.45) is 2.56. The molecule has 1 fully saturated rings. The molecule has 2 aliphatic heterocycles. The molecule has 0 aromatic heterocycles. The molecule has 5 heteroatoms. The van der Waals surface area contributed by atoms with Crippen molar-refractivity contribution in [2.75, 3.05) is 38.0 Å². The van der Waals surface area contributed by atoms with Gasteiger partial charge in [0.05, 0.1) is 19.8 Å². The second kappa shape index (κ2) is 6.34. The number of carboxylic acids is 1. The lowest BCUT2D eigenvalue weighted by molar-refractivity contribution is -0.152. The standard InChI is InChI=1S/C18H23NO4/c1-13-4-3-5-14(2)16(13)19-10-18(17(20)21,11-23-12-19)15-6-8-22-9-7-15/h3-6H,7-12H2,1-2H3,(H,20,21). The van der Waals surface area contributed by atoms with Gasteiger partial charge in [0.15, 0.2) is 0 Å². The fraction of sp³-hybridized carbons (Fsp3) is 0.500. The van der Waals surface area contributed by atoms with Gasteiger partial charge in [-0.05, 0) is 37.0 Å². The highest BCUT2D eigenvalue weighted by molar-refractivity contribution is 5.80. The van der Waals surface area contributed by atoms with Crippen LogP contribution in [0.25, 0.3) is 0 Å². The Morgan fingerprint density at radius 2 is 2.00 bits per heavy atom. The largest absolute Gasteiger partial charge is 0.480 e. The highest BCUT2D eigenvalue weighted by Crippen LogP contribution is 2.38. The summed E-state index contributed by atoms with van der Waals surface area (Å²) in [7, 11) is 0. The van der Waals surface area contributed by atoms with Gasteiger partial charge in [-0.15, -0.1) is 0 Å². The number of hydrogen-bond acceptors (Lipinski definition) is 4. The number of ether oxygens (including phenoxy) is 2. The predicted molar refractivity (Wildman–Crippen MR) is 87.7 cm³/mol. The third-order valence-corrected chi connectivity index (χ3v) is 4.80. The van der Waals surface area contributed by atoms with Crippen LogP contribution in [0.15, 0.2) is 29.8 Å². The van der Waals surface area contributed by atoms with Gasteiger partial charge in [-0.1, -0.05) is 24.3 Å². The molecule has 1 aromatic rings. The summed E-state index contributed by atoms with van der Waals surface area (Å²) in [5, 5.41) is 9.96. The number of anilines is 1. The lowest BCUT2D eigenvalue weighted by atomic mass is 9.77. The number of hydrogen-bond donors (Lipinski definition) is 1. The molecule has 0 spiro atoms. The van der Waals surface area contributed by atoms with E-state index in [1.165, 1.54) is 0 Å². The number of rotatable bonds is 3. The van der Waals surface area contributed by atoms with E-state index in [9.17, 15) is 9.90 Å². The van der Waals surface area contributed by atoms with Crippen molar-refractivity contribution in [2.24, 2.45) is 5.41 Å². The van der Waals surface area contributed by atoms with Crippen molar-refractivity contribution >= 4 is 11.7 Å². The molecule has 1 N–H and O–H groups in total. The Morgan fingerprint density at radius 3 is 2.61 bits per heavy atom. The summed E-state index contributed by atoms with van der Waals surface area (Å²) in [5.74, 6) is -0.818. The van der Waals surface area contributed by atoms with Crippen LogP contribution < -0.4 is 4.90 Å². The average molecular weight is 317 g/mol. The normalized spacial score (nSPS) is 25.1. The Hall–Kier alpha value is -1.85. The Kier molecular flexibility index (Phi) is 4.41. The lowest BCUT2D eigenvalue weighted by Gasteiger charge is -2.43. The predicted octanol–water partition coefficient (Wildman–Crippen LogP) is 2.52. The first-order valence-electron chi connectivity index (χ1n) is 7.94. The molecule has 1 saturated heterocycles. The number of carboxylic acid groups (broad SMARTS) is 1. The zero-order valence-electron chi connectivity index (χ0n) is 13.7. The highest BCUT2D eigenvalue weighted by Gasteiger charge is 2.47. The Labute approximate surface area is 136 Å². The molecule has 2 heterocycles. The van der Waals surface area contributed by atoms with Gasteiger partial charge in [0, 0.05) is 12.2 Å². The van der Waals surface area contributed by atoms with Crippen LogP contribution in [0.2, 0.25) is 0 Å². The molecular formula is C18H23NO4. The maximum absolute atomic E-state index is 12.1. The Balaban J connectivity index is 1.97. The van der Waals surface area contributed by atoms with Crippen LogP contribution in [-0.2, 0) is 14.3 Å². The van der Waals surface area contributed by atoms with Crippen LogP contribution in [0.3, 0.4) is 0 Å². The first-order valence-corrected chi connectivity index (χ1v) is 7.94. The molecule has 0 radical (unpaired) electrons. The molecule has 2 aliphatic rings. The van der Waals surface area contributed by atoms with Gasteiger partial charge in [-0.3, -0.25) is 4.79 Å². The first kappa shape index (κ1) is 16.0. The van der Waals surface area contributed by atoms with Crippen LogP contribution >= 0.6 is 0 Å². The summed E-state index contributed by atoms with van der Waals surface area (Å²) < 4.78 is 11.1. The van der Waals surface area contributed by atoms with Crippen LogP contribution in [0.4, 0.5) is 5.69 Å². The van der Waals surface area contributed by atoms with E-state index in [0.717, 1.165) is 22.4 Å². The molecule has 3 rings (SSSR count). The van der Waals surface area contributed by atoms with Gasteiger partial charge in [0.2, 0.25) is 0 Å². The van der Waals surface area contributed by atoms with Crippen molar-refractivity contribution in [3.8, 4) is 0 Å². The minimum absolute atomic E-state index is 0.218. The van der Waals surface area contributed by atoms with Gasteiger partial charge < -0.3 is 19.5 Å². The monoisotopic (exact) mass is 317 g/mol. The van der Waals surface area contributed by atoms with Gasteiger partial charge in [0.25, 0.3) is 0 Å². The van der Waals surface area contributed by atoms with E-state index in [-0.39, 0.29) is 6.61 Å². The summed E-state index contributed by atoms with van der Waals surface area (Å²) in [4.78, 5) is 14.2. The molecule has 1 atom stereocenters. The smallest absolute Gasteiger partial charge is 0.317 e. The minimum atomic E-state index is -0.989. The quantitative estimate of drug-likeness (QED) is 0.868. The molecular weight excluding hydrogens is 294 g/mol. The van der Waals surface area contributed by atoms with Crippen LogP contribution in [0.1, 0.15) is 17.5 Å². The van der Waals surface area contributed by atoms with E-state index in [2.05, 4.69) is 4.90 Å². The third kappa shape index (κ3) is 2.86. The zero-order chi connectivity index (χ0) is 16.4. The van der Waals surface area contributed by atoms with Gasteiger partial charge >= 0.3 is 5.97 Å². The van der Waals surface area contributed by atoms with E-state index < -0.39 is 11.4 Å². The summed E-state index contributed by atoms with van der Waals surface area (Å²) in [6.45, 7) is 6.22. The van der Waals surface area contributed by atoms with Gasteiger partial charge in [-0.2, -0.15) is 0 Å². The molecule has 0 saturated carbocycles. The molecule has 1 aromatic carbocycles. The van der Waals surface area contributed by atoms with E-state index in [0.29, 0.717) is 32.9 Å². The molecule has 0 aliphatic carbocycles. The number of para-hydroxylation sites is 1. The second-order valence-electron chi connectivity index (χ2n) is 6.36. The van der Waals surface area contributed by atoms with Crippen molar-refractivity contribution in [1.82, 2.24) is 0 Å². The fourth-order valence-electron chi connectivity index (χ4n) is 3.62. The molecule has 5 nitrogen and oxygen atoms in total. The van der Waals surface area contributed by atoms with Gasteiger partial charge in [0.1, 0.15) is 12.1 Å². The summed E-state index contributed by atoms with van der Waals surface area (Å²) in [6, 6.07) is 6.12. The number of nitrogens with zero attached hydrogens (tertiary/aromatic N) is 1. The van der Waals surface area contributed by atoms with E-state index >= 15 is 0 Å². The van der Waals surface area contributed by atoms with Crippen LogP contribution in [-0.4, -0.2) is 44.2 Å². The molecule has 0 amide bonds. The average Bonchev–Trinajstić information content (AvgIpc) is 2.55. The Morgan fingerprint density at radius 1 is 1.26 bits per heavy atom. The summed E-state index contributed by atoms with van der Waals surface area (Å²) >= 11 is 0. The second-order valence-corrected chi connectivity index (χ2v) is 6.36. The lowest BCUT2D eigenvalue weighted by Crippen LogP contribution is -2.53. The molecule has 124 valence electrons. The number of aliphatic carboxylic acids is 1. The third-order valence-electron chi connectivity index (χ3n) is 4.80. The van der Waals surface area contributed by atoms with E-state index in [1.54, 1.807) is 0 Å². The van der Waals surface area contributed by atoms with Crippen LogP contribution in [0, 0.1) is 19.3 Å². The van der Waals surface area contributed by atoms with Crippen molar-refractivity contribution in [3.05, 3.63) is 41.0 Å². The zero-order valence-corrected chi connectivity index (χ0v) is 13.7. The summed E-state index contributed by atoms with van der Waals surface area (Å²) in [5.41, 5.74) is 3.28. The first-order chi connectivity index (χ1) is 11.0. The van der Waals surface area contributed by atoms with E-state index in [4.69, 9.17) is 9.47 Å². The molecule has 1 unspecified atom stereocenters. The minimum Gasteiger partial charge on any atom is -0.480 e. The van der Waals surface area contributed by atoms with Crippen molar-refractivity contribution < 1.29 is 19.4 Å². The Bertz CT molecular complexity index is 620. The number of benzene rings is 1. The van der Waals surface area contributed by atoms with Crippen molar-refractivity contribution in [1.29, 1.82) is 0 Å². The van der Waals surface area contributed by atoms with Gasteiger partial charge in [-0.25, -0.2) is 0 Å². The van der Waals surface area contributed by atoms with E-state index in [1.807, 2.05) is 38.1 Å². The number of carbonyl (C=O) groups is 1. The van der Waals surface area contributed by atoms with Crippen molar-refractivity contribution in [2.45, 2.75) is 20.3 Å². The fourth-order valence-corrected chi connectivity index (χ4v) is 3.62. The van der Waals surface area contributed by atoms with Crippen molar-refractivity contribution in [3.63, 3.8) is 0 Å². The van der Waals surface area contributed by atoms with Crippen LogP contribution in [0.5, 0.6) is 0 Å². The maximum atomic E-state index is 12.1. The molecule has 23 heavy (non-hydrogen) atoms. The SMILES string of the molecule is Cc1cccc(C)c1N1COCC(C(=O)O)(C2=CCOCC2)C1.